The van der Waals surface area contributed by atoms with E-state index in [1.54, 1.807) is 38.3 Å². The molecule has 1 saturated heterocycles. The van der Waals surface area contributed by atoms with E-state index >= 15 is 0 Å². The van der Waals surface area contributed by atoms with Crippen molar-refractivity contribution in [3.8, 4) is 16.9 Å². The van der Waals surface area contributed by atoms with Crippen molar-refractivity contribution in [3.63, 3.8) is 0 Å². The Morgan fingerprint density at radius 1 is 1.05 bits per heavy atom. The van der Waals surface area contributed by atoms with E-state index in [1.807, 2.05) is 73.6 Å². The van der Waals surface area contributed by atoms with Crippen molar-refractivity contribution in [2.45, 2.75) is 83.8 Å². The Hall–Kier alpha value is -4.49. The Balaban J connectivity index is 1.29. The SMILES string of the molecule is CNC(=O)C(Cc1ccccc1)NC(=O)c1cc(-c2cccc(CN3O[C@@H](CO)[C@@H]([C@H](C)O)[C@H]3C(=O)N[C@H]3C[C@H]4C[C@@H]([C@@H]3C)C4(C)C)c2OC)cc(N(C)C)c1. The summed E-state index contributed by atoms with van der Waals surface area (Å²) in [5.74, 6) is 0.331. The fourth-order valence-corrected chi connectivity index (χ4v) is 9.46. The van der Waals surface area contributed by atoms with Crippen LogP contribution >= 0.6 is 0 Å². The fourth-order valence-electron chi connectivity index (χ4n) is 9.46. The van der Waals surface area contributed by atoms with Crippen LogP contribution in [0.4, 0.5) is 5.69 Å². The molecule has 3 aromatic carbocycles. The van der Waals surface area contributed by atoms with Gasteiger partial charge in [-0.25, -0.2) is 0 Å². The van der Waals surface area contributed by atoms with E-state index in [9.17, 15) is 24.6 Å². The smallest absolute Gasteiger partial charge is 0.252 e. The number of rotatable bonds is 14. The van der Waals surface area contributed by atoms with Gasteiger partial charge in [0.2, 0.25) is 11.8 Å². The Labute approximate surface area is 330 Å². The molecule has 12 heteroatoms. The number of carbonyl (C=O) groups is 3. The molecule has 4 fully saturated rings. The highest BCUT2D eigenvalue weighted by atomic mass is 16.7. The van der Waals surface area contributed by atoms with Crippen LogP contribution in [0, 0.1) is 29.1 Å². The van der Waals surface area contributed by atoms with Gasteiger partial charge < -0.3 is 35.8 Å². The van der Waals surface area contributed by atoms with Gasteiger partial charge in [-0.15, -0.1) is 0 Å². The molecule has 1 unspecified atom stereocenters. The van der Waals surface area contributed by atoms with E-state index in [-0.39, 0.29) is 36.4 Å². The van der Waals surface area contributed by atoms with E-state index in [1.165, 1.54) is 6.42 Å². The van der Waals surface area contributed by atoms with Crippen molar-refractivity contribution in [1.29, 1.82) is 0 Å². The second kappa shape index (κ2) is 16.9. The van der Waals surface area contributed by atoms with Crippen LogP contribution in [0.15, 0.2) is 66.7 Å². The number of anilines is 1. The first-order chi connectivity index (χ1) is 26.7. The van der Waals surface area contributed by atoms with E-state index in [0.29, 0.717) is 52.2 Å². The second-order valence-corrected chi connectivity index (χ2v) is 16.7. The first-order valence-electron chi connectivity index (χ1n) is 19.8. The van der Waals surface area contributed by atoms with Crippen molar-refractivity contribution in [2.24, 2.45) is 29.1 Å². The summed E-state index contributed by atoms with van der Waals surface area (Å²) in [7, 11) is 6.90. The molecule has 3 saturated carbocycles. The molecule has 3 aliphatic carbocycles. The van der Waals surface area contributed by atoms with Gasteiger partial charge in [-0.2, -0.15) is 5.06 Å². The Kier molecular flexibility index (Phi) is 12.4. The number of ether oxygens (including phenoxy) is 1. The molecule has 1 aliphatic heterocycles. The number of methoxy groups -OCH3 is 1. The van der Waals surface area contributed by atoms with E-state index in [2.05, 4.69) is 36.7 Å². The zero-order chi connectivity index (χ0) is 40.5. The van der Waals surface area contributed by atoms with Gasteiger partial charge in [0.1, 0.15) is 23.9 Å². The molecule has 302 valence electrons. The molecule has 12 nitrogen and oxygen atoms in total. The molecule has 3 aromatic rings. The Morgan fingerprint density at radius 3 is 2.39 bits per heavy atom. The van der Waals surface area contributed by atoms with Gasteiger partial charge in [-0.1, -0.05) is 69.3 Å². The largest absolute Gasteiger partial charge is 0.496 e. The number of hydrogen-bond donors (Lipinski definition) is 5. The van der Waals surface area contributed by atoms with Crippen LogP contribution in [0.5, 0.6) is 5.75 Å². The molecule has 5 N–H and O–H groups in total. The quantitative estimate of drug-likeness (QED) is 0.163. The number of benzene rings is 3. The molecule has 2 bridgehead atoms. The minimum Gasteiger partial charge on any atom is -0.496 e. The zero-order valence-corrected chi connectivity index (χ0v) is 33.9. The fraction of sp³-hybridized carbons (Fsp3) is 0.523. The molecular formula is C44H59N5O7. The second-order valence-electron chi connectivity index (χ2n) is 16.7. The van der Waals surface area contributed by atoms with Gasteiger partial charge >= 0.3 is 0 Å². The minimum absolute atomic E-state index is 0.0159. The van der Waals surface area contributed by atoms with E-state index in [0.717, 1.165) is 17.7 Å². The van der Waals surface area contributed by atoms with Crippen LogP contribution in [-0.2, 0) is 27.4 Å². The predicted octanol–water partition coefficient (Wildman–Crippen LogP) is 4.18. The molecule has 7 rings (SSSR count). The zero-order valence-electron chi connectivity index (χ0n) is 33.9. The predicted molar refractivity (Wildman–Crippen MR) is 216 cm³/mol. The maximum atomic E-state index is 14.3. The van der Waals surface area contributed by atoms with Gasteiger partial charge in [-0.05, 0) is 72.3 Å². The first kappa shape index (κ1) is 41.2. The number of carbonyl (C=O) groups excluding carboxylic acids is 3. The third-order valence-corrected chi connectivity index (χ3v) is 12.8. The van der Waals surface area contributed by atoms with Crippen LogP contribution < -0.4 is 25.6 Å². The highest BCUT2D eigenvalue weighted by Crippen LogP contribution is 2.61. The molecule has 0 aromatic heterocycles. The van der Waals surface area contributed by atoms with E-state index < -0.39 is 36.1 Å². The lowest BCUT2D eigenvalue weighted by Crippen LogP contribution is -2.62. The summed E-state index contributed by atoms with van der Waals surface area (Å²) in [6, 6.07) is 19.1. The summed E-state index contributed by atoms with van der Waals surface area (Å²) < 4.78 is 6.07. The summed E-state index contributed by atoms with van der Waals surface area (Å²) >= 11 is 0. The van der Waals surface area contributed by atoms with Gasteiger partial charge in [-0.3, -0.25) is 19.2 Å². The summed E-state index contributed by atoms with van der Waals surface area (Å²) in [6.45, 7) is 8.27. The first-order valence-corrected chi connectivity index (χ1v) is 19.8. The number of para-hydroxylation sites is 1. The maximum Gasteiger partial charge on any atom is 0.252 e. The highest BCUT2D eigenvalue weighted by molar-refractivity contribution is 5.99. The Morgan fingerprint density at radius 2 is 1.79 bits per heavy atom. The van der Waals surface area contributed by atoms with Crippen LogP contribution in [0.25, 0.3) is 11.1 Å². The lowest BCUT2D eigenvalue weighted by atomic mass is 9.45. The van der Waals surface area contributed by atoms with Crippen molar-refractivity contribution in [2.75, 3.05) is 39.8 Å². The summed E-state index contributed by atoms with van der Waals surface area (Å²) in [4.78, 5) is 49.3. The van der Waals surface area contributed by atoms with Crippen molar-refractivity contribution < 1.29 is 34.2 Å². The number of nitrogens with zero attached hydrogens (tertiary/aromatic N) is 2. The topological polar surface area (TPSA) is 153 Å². The van der Waals surface area contributed by atoms with E-state index in [4.69, 9.17) is 9.57 Å². The molecular weight excluding hydrogens is 711 g/mol. The molecule has 1 heterocycles. The third-order valence-electron chi connectivity index (χ3n) is 12.8. The monoisotopic (exact) mass is 769 g/mol. The number of hydroxylamine groups is 2. The number of likely N-dealkylation sites (N-methyl/N-ethyl adjacent to an activating group) is 1. The molecule has 0 spiro atoms. The molecule has 3 amide bonds. The van der Waals surface area contributed by atoms with Crippen molar-refractivity contribution in [3.05, 3.63) is 83.4 Å². The minimum atomic E-state index is -0.925. The number of fused-ring (bicyclic) bond motifs is 2. The number of aliphatic hydroxyl groups excluding tert-OH is 2. The van der Waals surface area contributed by atoms with Crippen LogP contribution in [0.2, 0.25) is 0 Å². The van der Waals surface area contributed by atoms with Gasteiger partial charge in [0.25, 0.3) is 5.91 Å². The summed E-state index contributed by atoms with van der Waals surface area (Å²) in [5.41, 5.74) is 4.44. The van der Waals surface area contributed by atoms with Crippen LogP contribution in [0.3, 0.4) is 0 Å². The molecule has 9 atom stereocenters. The summed E-state index contributed by atoms with van der Waals surface area (Å²) in [5, 5.41) is 31.8. The standard InChI is InChI=1S/C44H59N5O7/c1-25-34-21-31(44(34,3)4)22-35(25)46-43(54)39-38(26(2)51)37(24-50)56-49(39)23-28-15-12-16-33(40(28)55-8)29-18-30(20-32(19-29)48(6)7)41(52)47-36(42(53)45-5)17-27-13-10-9-11-14-27/h9-16,18-20,25-26,31,34-39,50-51H,17,21-24H2,1-8H3,(H,45,53)(H,46,54)(H,47,52)/t25-,26-,31+,34-,35-,36?,37-,38+,39-/m0/s1. The van der Waals surface area contributed by atoms with Crippen LogP contribution in [-0.4, -0.2) is 98.2 Å². The molecule has 4 aliphatic rings. The van der Waals surface area contributed by atoms with Gasteiger partial charge in [0, 0.05) is 61.9 Å². The van der Waals surface area contributed by atoms with Gasteiger partial charge in [0.15, 0.2) is 0 Å². The molecule has 0 radical (unpaired) electrons. The number of nitrogens with one attached hydrogen (secondary N) is 3. The van der Waals surface area contributed by atoms with Crippen molar-refractivity contribution in [1.82, 2.24) is 21.0 Å². The summed E-state index contributed by atoms with van der Waals surface area (Å²) in [6.07, 6.45) is 0.716. The van der Waals surface area contributed by atoms with Crippen LogP contribution in [0.1, 0.15) is 62.0 Å². The average Bonchev–Trinajstić information content (AvgIpc) is 3.56. The lowest BCUT2D eigenvalue weighted by Gasteiger charge is -2.62. The maximum absolute atomic E-state index is 14.3. The van der Waals surface area contributed by atoms with Crippen molar-refractivity contribution >= 4 is 23.4 Å². The Bertz CT molecular complexity index is 1880. The third kappa shape index (κ3) is 8.16. The highest BCUT2D eigenvalue weighted by Gasteiger charge is 2.57. The molecule has 56 heavy (non-hydrogen) atoms. The number of hydrogen-bond acceptors (Lipinski definition) is 9. The van der Waals surface area contributed by atoms with Gasteiger partial charge in [0.05, 0.1) is 26.4 Å². The normalized spacial score (nSPS) is 26.4. The average molecular weight is 770 g/mol. The number of aliphatic hydroxyl groups is 2. The number of amides is 3. The lowest BCUT2D eigenvalue weighted by molar-refractivity contribution is -0.183.